The molecule has 0 unspecified atom stereocenters. The Labute approximate surface area is 58.7 Å². The monoisotopic (exact) mass is 134 g/mol. The van der Waals surface area contributed by atoms with Crippen molar-refractivity contribution >= 4 is 0 Å². The summed E-state index contributed by atoms with van der Waals surface area (Å²) < 4.78 is 12.6. The quantitative estimate of drug-likeness (QED) is 0.573. The Kier molecular flexibility index (Phi) is 2.01. The Morgan fingerprint density at radius 2 is 2.50 bits per heavy atom. The van der Waals surface area contributed by atoms with Gasteiger partial charge < -0.3 is 0 Å². The third kappa shape index (κ3) is 1.32. The zero-order valence-corrected chi connectivity index (χ0v) is 5.26. The van der Waals surface area contributed by atoms with E-state index in [1.54, 1.807) is 0 Å². The maximum atomic E-state index is 12.6. The summed E-state index contributed by atoms with van der Waals surface area (Å²) in [6, 6.07) is 8.83. The molecule has 0 bridgehead atoms. The van der Waals surface area contributed by atoms with Crippen LogP contribution in [-0.2, 0) is 6.42 Å². The van der Waals surface area contributed by atoms with E-state index in [4.69, 9.17) is 5.26 Å². The number of benzene rings is 1. The van der Waals surface area contributed by atoms with Gasteiger partial charge in [0.15, 0.2) is 0 Å². The Bertz CT molecular complexity index is 262. The molecule has 0 N–H and O–H groups in total. The van der Waals surface area contributed by atoms with E-state index in [1.807, 2.05) is 6.07 Å². The summed E-state index contributed by atoms with van der Waals surface area (Å²) in [4.78, 5) is 0. The average molecular weight is 134 g/mol. The van der Waals surface area contributed by atoms with Crippen molar-refractivity contribution in [2.24, 2.45) is 0 Å². The molecule has 0 atom stereocenters. The van der Waals surface area contributed by atoms with Gasteiger partial charge in [-0.1, -0.05) is 6.07 Å². The molecule has 1 aromatic rings. The first kappa shape index (κ1) is 6.76. The van der Waals surface area contributed by atoms with Crippen molar-refractivity contribution in [2.75, 3.05) is 0 Å². The minimum atomic E-state index is -0.333. The second-order valence-electron chi connectivity index (χ2n) is 1.85. The van der Waals surface area contributed by atoms with Crippen LogP contribution in [0.3, 0.4) is 0 Å². The summed E-state index contributed by atoms with van der Waals surface area (Å²) >= 11 is 0. The summed E-state index contributed by atoms with van der Waals surface area (Å²) in [6.07, 6.45) is 0.114. The molecule has 0 saturated carbocycles. The first-order valence-corrected chi connectivity index (χ1v) is 2.86. The summed E-state index contributed by atoms with van der Waals surface area (Å²) in [5.41, 5.74) is 0.407. The molecule has 0 fully saturated rings. The van der Waals surface area contributed by atoms with Crippen LogP contribution in [0.2, 0.25) is 0 Å². The normalized spacial score (nSPS) is 8.80. The van der Waals surface area contributed by atoms with Crippen LogP contribution in [0.4, 0.5) is 4.39 Å². The van der Waals surface area contributed by atoms with Gasteiger partial charge in [0, 0.05) is 5.56 Å². The average Bonchev–Trinajstić information content (AvgIpc) is 1.94. The zero-order chi connectivity index (χ0) is 7.40. The van der Waals surface area contributed by atoms with E-state index in [0.29, 0.717) is 5.56 Å². The van der Waals surface area contributed by atoms with E-state index in [9.17, 15) is 4.39 Å². The number of nitrogens with zero attached hydrogens (tertiary/aromatic N) is 1. The molecule has 1 nitrogen and oxygen atoms in total. The van der Waals surface area contributed by atoms with Crippen LogP contribution in [0.15, 0.2) is 18.2 Å². The molecule has 0 heterocycles. The van der Waals surface area contributed by atoms with Crippen molar-refractivity contribution in [2.45, 2.75) is 6.42 Å². The summed E-state index contributed by atoms with van der Waals surface area (Å²) in [7, 11) is 0. The molecule has 0 aliphatic carbocycles. The predicted molar refractivity (Wildman–Crippen MR) is 34.6 cm³/mol. The van der Waals surface area contributed by atoms with E-state index in [-0.39, 0.29) is 12.2 Å². The van der Waals surface area contributed by atoms with Crippen LogP contribution in [-0.4, -0.2) is 0 Å². The minimum absolute atomic E-state index is 0.114. The first-order chi connectivity index (χ1) is 4.84. The lowest BCUT2D eigenvalue weighted by molar-refractivity contribution is 0.615. The molecular weight excluding hydrogens is 129 g/mol. The molecule has 0 aliphatic rings. The molecule has 0 amide bonds. The second-order valence-corrected chi connectivity index (χ2v) is 1.85. The molecule has 0 aliphatic heterocycles. The fourth-order valence-corrected chi connectivity index (χ4v) is 0.667. The molecule has 1 radical (unpaired) electrons. The number of nitriles is 1. The van der Waals surface area contributed by atoms with Crippen LogP contribution in [0.5, 0.6) is 0 Å². The van der Waals surface area contributed by atoms with Crippen molar-refractivity contribution in [1.82, 2.24) is 0 Å². The van der Waals surface area contributed by atoms with E-state index >= 15 is 0 Å². The zero-order valence-electron chi connectivity index (χ0n) is 5.26. The third-order valence-corrected chi connectivity index (χ3v) is 1.16. The van der Waals surface area contributed by atoms with Gasteiger partial charge in [-0.25, -0.2) is 4.39 Å². The Balaban J connectivity index is 2.94. The topological polar surface area (TPSA) is 23.8 Å². The molecule has 1 aromatic carbocycles. The molecule has 0 saturated heterocycles. The van der Waals surface area contributed by atoms with Crippen molar-refractivity contribution < 1.29 is 4.39 Å². The van der Waals surface area contributed by atoms with Crippen molar-refractivity contribution in [3.63, 3.8) is 0 Å². The maximum absolute atomic E-state index is 12.6. The summed E-state index contributed by atoms with van der Waals surface area (Å²) in [5.74, 6) is -0.333. The predicted octanol–water partition coefficient (Wildman–Crippen LogP) is 1.69. The fraction of sp³-hybridized carbons (Fsp3) is 0.125. The van der Waals surface area contributed by atoms with Crippen LogP contribution >= 0.6 is 0 Å². The van der Waals surface area contributed by atoms with E-state index < -0.39 is 0 Å². The molecular formula is C8H5FN. The summed E-state index contributed by atoms with van der Waals surface area (Å²) in [6.45, 7) is 0. The van der Waals surface area contributed by atoms with Gasteiger partial charge in [-0.2, -0.15) is 5.26 Å². The number of rotatable bonds is 1. The SMILES string of the molecule is N#CCc1c[c]ccc1F. The molecule has 0 spiro atoms. The van der Waals surface area contributed by atoms with Gasteiger partial charge in [-0.3, -0.25) is 0 Å². The Morgan fingerprint density at radius 3 is 3.10 bits per heavy atom. The highest BCUT2D eigenvalue weighted by molar-refractivity contribution is 5.19. The minimum Gasteiger partial charge on any atom is -0.207 e. The lowest BCUT2D eigenvalue weighted by Gasteiger charge is -1.92. The van der Waals surface area contributed by atoms with Gasteiger partial charge in [-0.15, -0.1) is 0 Å². The molecule has 1 rings (SSSR count). The van der Waals surface area contributed by atoms with E-state index in [2.05, 4.69) is 6.07 Å². The van der Waals surface area contributed by atoms with Crippen LogP contribution < -0.4 is 0 Å². The highest BCUT2D eigenvalue weighted by Crippen LogP contribution is 2.04. The second kappa shape index (κ2) is 2.98. The van der Waals surface area contributed by atoms with Gasteiger partial charge >= 0.3 is 0 Å². The smallest absolute Gasteiger partial charge is 0.127 e. The third-order valence-electron chi connectivity index (χ3n) is 1.16. The molecule has 2 heteroatoms. The highest BCUT2D eigenvalue weighted by atomic mass is 19.1. The number of hydrogen-bond donors (Lipinski definition) is 0. The summed E-state index contributed by atoms with van der Waals surface area (Å²) in [5, 5.41) is 8.21. The van der Waals surface area contributed by atoms with E-state index in [1.165, 1.54) is 18.2 Å². The molecule has 49 valence electrons. The van der Waals surface area contributed by atoms with Gasteiger partial charge in [0.1, 0.15) is 5.82 Å². The number of hydrogen-bond acceptors (Lipinski definition) is 1. The lowest BCUT2D eigenvalue weighted by Crippen LogP contribution is -1.85. The van der Waals surface area contributed by atoms with Crippen molar-refractivity contribution in [3.8, 4) is 6.07 Å². The molecule has 0 aromatic heterocycles. The van der Waals surface area contributed by atoms with Crippen molar-refractivity contribution in [1.29, 1.82) is 5.26 Å². The standard InChI is InChI=1S/C8H5FN/c9-8-4-2-1-3-7(8)5-6-10/h2-4H,5H2. The van der Waals surface area contributed by atoms with Gasteiger partial charge in [0.05, 0.1) is 12.5 Å². The fourth-order valence-electron chi connectivity index (χ4n) is 0.667. The van der Waals surface area contributed by atoms with Crippen LogP contribution in [0, 0.1) is 23.2 Å². The van der Waals surface area contributed by atoms with E-state index in [0.717, 1.165) is 0 Å². The van der Waals surface area contributed by atoms with Gasteiger partial charge in [0.25, 0.3) is 0 Å². The van der Waals surface area contributed by atoms with Gasteiger partial charge in [-0.05, 0) is 18.2 Å². The van der Waals surface area contributed by atoms with Crippen LogP contribution in [0.25, 0.3) is 0 Å². The van der Waals surface area contributed by atoms with Crippen molar-refractivity contribution in [3.05, 3.63) is 35.6 Å². The first-order valence-electron chi connectivity index (χ1n) is 2.86. The lowest BCUT2D eigenvalue weighted by atomic mass is 10.2. The Morgan fingerprint density at radius 1 is 1.70 bits per heavy atom. The number of halogens is 1. The Hall–Kier alpha value is -1.36. The largest absolute Gasteiger partial charge is 0.207 e. The van der Waals surface area contributed by atoms with Gasteiger partial charge in [0.2, 0.25) is 0 Å². The van der Waals surface area contributed by atoms with Crippen LogP contribution in [0.1, 0.15) is 5.56 Å². The molecule has 10 heavy (non-hydrogen) atoms. The maximum Gasteiger partial charge on any atom is 0.127 e. The highest BCUT2D eigenvalue weighted by Gasteiger charge is 1.97.